The minimum atomic E-state index is -0.166. The van der Waals surface area contributed by atoms with Gasteiger partial charge < -0.3 is 9.30 Å². The van der Waals surface area contributed by atoms with Crippen molar-refractivity contribution in [2.24, 2.45) is 7.05 Å². The van der Waals surface area contributed by atoms with Crippen LogP contribution in [0.15, 0.2) is 0 Å². The first-order valence-corrected chi connectivity index (χ1v) is 7.78. The van der Waals surface area contributed by atoms with Crippen LogP contribution in [0, 0.1) is 0 Å². The van der Waals surface area contributed by atoms with E-state index in [0.717, 1.165) is 29.1 Å². The fraction of sp³-hybridized carbons (Fsp3) is 0.643. The Morgan fingerprint density at radius 1 is 1.38 bits per heavy atom. The number of hydrogen-bond donors (Lipinski definition) is 0. The molecule has 0 bridgehead atoms. The van der Waals surface area contributed by atoms with E-state index in [0.29, 0.717) is 31.9 Å². The van der Waals surface area contributed by atoms with Gasteiger partial charge in [0.05, 0.1) is 18.2 Å². The molecule has 2 rings (SSSR count). The maximum absolute atomic E-state index is 11.4. The van der Waals surface area contributed by atoms with Crippen LogP contribution in [0.3, 0.4) is 0 Å². The van der Waals surface area contributed by atoms with Gasteiger partial charge in [-0.25, -0.2) is 4.98 Å². The molecule has 0 aliphatic heterocycles. The zero-order valence-electron chi connectivity index (χ0n) is 12.7. The van der Waals surface area contributed by atoms with Gasteiger partial charge in [0.25, 0.3) is 0 Å². The zero-order valence-corrected chi connectivity index (χ0v) is 13.5. The Morgan fingerprint density at radius 2 is 2.14 bits per heavy atom. The summed E-state index contributed by atoms with van der Waals surface area (Å²) in [5.41, 5.74) is 2.85. The molecule has 0 fully saturated rings. The molecular weight excluding hydrogens is 292 g/mol. The van der Waals surface area contributed by atoms with E-state index in [-0.39, 0.29) is 5.97 Å². The summed E-state index contributed by atoms with van der Waals surface area (Å²) in [7, 11) is 1.91. The maximum Gasteiger partial charge on any atom is 0.305 e. The molecule has 2 aromatic heterocycles. The number of carbonyl (C=O) groups is 1. The molecule has 0 spiro atoms. The van der Waals surface area contributed by atoms with Gasteiger partial charge in [-0.1, -0.05) is 6.92 Å². The van der Waals surface area contributed by atoms with E-state index < -0.39 is 0 Å². The molecule has 0 aromatic carbocycles. The molecule has 0 saturated carbocycles. The molecule has 0 radical (unpaired) electrons. The van der Waals surface area contributed by atoms with Crippen LogP contribution >= 0.6 is 11.6 Å². The summed E-state index contributed by atoms with van der Waals surface area (Å²) < 4.78 is 8.83. The zero-order chi connectivity index (χ0) is 15.4. The lowest BCUT2D eigenvalue weighted by molar-refractivity contribution is -0.143. The van der Waals surface area contributed by atoms with Crippen LogP contribution in [-0.4, -0.2) is 31.9 Å². The van der Waals surface area contributed by atoms with Crippen molar-refractivity contribution in [3.8, 4) is 0 Å². The van der Waals surface area contributed by atoms with E-state index in [9.17, 15) is 4.79 Å². The van der Waals surface area contributed by atoms with Crippen molar-refractivity contribution in [3.63, 3.8) is 0 Å². The maximum atomic E-state index is 11.4. The molecule has 0 N–H and O–H groups in total. The van der Waals surface area contributed by atoms with E-state index in [4.69, 9.17) is 16.3 Å². The standard InChI is InChI=1S/C14H21ClN4O2/c1-4-10-13-14(18(3)17-10)19(11(9-15)16-13)8-6-7-12(20)21-5-2/h4-9H2,1-3H3. The topological polar surface area (TPSA) is 61.9 Å². The number of alkyl halides is 1. The Labute approximate surface area is 129 Å². The van der Waals surface area contributed by atoms with Gasteiger partial charge in [0, 0.05) is 20.0 Å². The van der Waals surface area contributed by atoms with Gasteiger partial charge >= 0.3 is 5.97 Å². The molecule has 0 amide bonds. The molecular formula is C14H21ClN4O2. The summed E-state index contributed by atoms with van der Waals surface area (Å²) >= 11 is 5.99. The molecule has 0 atom stereocenters. The first-order valence-electron chi connectivity index (χ1n) is 7.24. The Balaban J connectivity index is 2.21. The van der Waals surface area contributed by atoms with E-state index in [1.807, 2.05) is 23.2 Å². The van der Waals surface area contributed by atoms with Crippen molar-refractivity contribution < 1.29 is 9.53 Å². The molecule has 7 heteroatoms. The van der Waals surface area contributed by atoms with Crippen LogP contribution < -0.4 is 0 Å². The highest BCUT2D eigenvalue weighted by Crippen LogP contribution is 2.21. The second-order valence-electron chi connectivity index (χ2n) is 4.82. The molecule has 21 heavy (non-hydrogen) atoms. The number of ether oxygens (including phenoxy) is 1. The number of nitrogens with zero attached hydrogens (tertiary/aromatic N) is 4. The molecule has 0 aliphatic carbocycles. The summed E-state index contributed by atoms with van der Waals surface area (Å²) in [4.78, 5) is 16.0. The second-order valence-corrected chi connectivity index (χ2v) is 5.09. The number of imidazole rings is 1. The normalized spacial score (nSPS) is 11.2. The van der Waals surface area contributed by atoms with Crippen molar-refractivity contribution >= 4 is 28.7 Å². The largest absolute Gasteiger partial charge is 0.466 e. The first kappa shape index (κ1) is 15.8. The molecule has 0 unspecified atom stereocenters. The van der Waals surface area contributed by atoms with Crippen molar-refractivity contribution in [1.82, 2.24) is 19.3 Å². The number of fused-ring (bicyclic) bond motifs is 1. The fourth-order valence-corrected chi connectivity index (χ4v) is 2.68. The third-order valence-corrected chi connectivity index (χ3v) is 3.63. The minimum absolute atomic E-state index is 0.166. The number of esters is 1. The van der Waals surface area contributed by atoms with Gasteiger partial charge in [-0.3, -0.25) is 9.48 Å². The predicted molar refractivity (Wildman–Crippen MR) is 81.3 cm³/mol. The SMILES string of the molecule is CCOC(=O)CCCn1c(CCl)nc2c(CC)nn(C)c21. The molecule has 0 saturated heterocycles. The Morgan fingerprint density at radius 3 is 2.76 bits per heavy atom. The Kier molecular flexibility index (Phi) is 5.22. The van der Waals surface area contributed by atoms with Crippen LogP contribution in [0.5, 0.6) is 0 Å². The van der Waals surface area contributed by atoms with Gasteiger partial charge in [-0.2, -0.15) is 5.10 Å². The predicted octanol–water partition coefficient (Wildman–Crippen LogP) is 2.41. The quantitative estimate of drug-likeness (QED) is 0.582. The van der Waals surface area contributed by atoms with E-state index in [2.05, 4.69) is 17.0 Å². The lowest BCUT2D eigenvalue weighted by atomic mass is 10.3. The summed E-state index contributed by atoms with van der Waals surface area (Å²) in [5.74, 6) is 0.996. The molecule has 2 heterocycles. The molecule has 6 nitrogen and oxygen atoms in total. The lowest BCUT2D eigenvalue weighted by Crippen LogP contribution is -2.09. The monoisotopic (exact) mass is 312 g/mol. The fourth-order valence-electron chi connectivity index (χ4n) is 2.48. The number of rotatable bonds is 7. The van der Waals surface area contributed by atoms with Crippen molar-refractivity contribution in [1.29, 1.82) is 0 Å². The molecule has 2 aromatic rings. The first-order chi connectivity index (χ1) is 10.1. The van der Waals surface area contributed by atoms with Gasteiger partial charge in [0.2, 0.25) is 0 Å². The minimum Gasteiger partial charge on any atom is -0.466 e. The van der Waals surface area contributed by atoms with Crippen LogP contribution in [0.4, 0.5) is 0 Å². The summed E-state index contributed by atoms with van der Waals surface area (Å²) in [6.45, 7) is 4.97. The highest BCUT2D eigenvalue weighted by atomic mass is 35.5. The highest BCUT2D eigenvalue weighted by Gasteiger charge is 2.18. The lowest BCUT2D eigenvalue weighted by Gasteiger charge is -2.08. The van der Waals surface area contributed by atoms with Gasteiger partial charge in [0.1, 0.15) is 11.3 Å². The number of hydrogen-bond acceptors (Lipinski definition) is 4. The third kappa shape index (κ3) is 3.20. The number of halogens is 1. The van der Waals surface area contributed by atoms with Gasteiger partial charge in [-0.15, -0.1) is 11.6 Å². The van der Waals surface area contributed by atoms with Gasteiger partial charge in [-0.05, 0) is 19.8 Å². The van der Waals surface area contributed by atoms with Crippen LogP contribution in [0.25, 0.3) is 11.2 Å². The van der Waals surface area contributed by atoms with Crippen LogP contribution in [0.1, 0.15) is 38.2 Å². The summed E-state index contributed by atoms with van der Waals surface area (Å²) in [6, 6.07) is 0. The molecule has 116 valence electrons. The Bertz CT molecular complexity index is 632. The number of carbonyl (C=O) groups excluding carboxylic acids is 1. The van der Waals surface area contributed by atoms with Crippen LogP contribution in [0.2, 0.25) is 0 Å². The van der Waals surface area contributed by atoms with Gasteiger partial charge in [0.15, 0.2) is 5.65 Å². The van der Waals surface area contributed by atoms with Crippen molar-refractivity contribution in [3.05, 3.63) is 11.5 Å². The van der Waals surface area contributed by atoms with E-state index in [1.165, 1.54) is 0 Å². The average molecular weight is 313 g/mol. The number of aryl methyl sites for hydroxylation is 3. The summed E-state index contributed by atoms with van der Waals surface area (Å²) in [5, 5.41) is 4.48. The number of aromatic nitrogens is 4. The third-order valence-electron chi connectivity index (χ3n) is 3.39. The van der Waals surface area contributed by atoms with Crippen molar-refractivity contribution in [2.45, 2.75) is 45.5 Å². The van der Waals surface area contributed by atoms with Crippen LogP contribution in [-0.2, 0) is 35.4 Å². The Hall–Kier alpha value is -1.56. The average Bonchev–Trinajstić information content (AvgIpc) is 2.97. The molecule has 0 aliphatic rings. The van der Waals surface area contributed by atoms with E-state index in [1.54, 1.807) is 0 Å². The smallest absolute Gasteiger partial charge is 0.305 e. The summed E-state index contributed by atoms with van der Waals surface area (Å²) in [6.07, 6.45) is 1.92. The highest BCUT2D eigenvalue weighted by molar-refractivity contribution is 6.16. The second kappa shape index (κ2) is 6.93. The van der Waals surface area contributed by atoms with Crippen molar-refractivity contribution in [2.75, 3.05) is 6.61 Å². The van der Waals surface area contributed by atoms with E-state index >= 15 is 0 Å².